The number of furan rings is 1. The van der Waals surface area contributed by atoms with Crippen molar-refractivity contribution in [1.82, 2.24) is 15.5 Å². The Hall–Kier alpha value is -1.59. The Labute approximate surface area is 209 Å². The summed E-state index contributed by atoms with van der Waals surface area (Å²) >= 11 is 0. The summed E-state index contributed by atoms with van der Waals surface area (Å²) in [4.78, 5) is 7.20. The maximum atomic E-state index is 11.5. The number of hydrogen-bond donors (Lipinski definition) is 2. The molecule has 1 saturated heterocycles. The third kappa shape index (κ3) is 8.74. The van der Waals surface area contributed by atoms with Crippen LogP contribution in [-0.4, -0.2) is 51.7 Å². The molecule has 1 unspecified atom stereocenters. The molecule has 2 heterocycles. The Balaban J connectivity index is 0.00000363. The van der Waals surface area contributed by atoms with Crippen molar-refractivity contribution in [2.45, 2.75) is 44.5 Å². The molecule has 0 spiro atoms. The van der Waals surface area contributed by atoms with E-state index in [9.17, 15) is 8.42 Å². The lowest BCUT2D eigenvalue weighted by Crippen LogP contribution is -2.44. The molecular weight excluding hydrogens is 539 g/mol. The van der Waals surface area contributed by atoms with Crippen LogP contribution in [0.3, 0.4) is 0 Å². The molecule has 7 nitrogen and oxygen atoms in total. The summed E-state index contributed by atoms with van der Waals surface area (Å²) in [6.45, 7) is 6.22. The minimum Gasteiger partial charge on any atom is -0.468 e. The maximum Gasteiger partial charge on any atom is 0.191 e. The van der Waals surface area contributed by atoms with Crippen molar-refractivity contribution >= 4 is 39.8 Å². The van der Waals surface area contributed by atoms with Gasteiger partial charge in [0.25, 0.3) is 0 Å². The minimum absolute atomic E-state index is 0. The van der Waals surface area contributed by atoms with Gasteiger partial charge in [0.2, 0.25) is 0 Å². The zero-order chi connectivity index (χ0) is 22.1. The maximum absolute atomic E-state index is 11.5. The first-order chi connectivity index (χ1) is 14.9. The van der Waals surface area contributed by atoms with E-state index in [1.807, 2.05) is 43.3 Å². The van der Waals surface area contributed by atoms with Crippen LogP contribution in [0.5, 0.6) is 0 Å². The highest BCUT2D eigenvalue weighted by molar-refractivity contribution is 14.0. The Kier molecular flexibility index (Phi) is 11.0. The van der Waals surface area contributed by atoms with Crippen molar-refractivity contribution < 1.29 is 12.8 Å². The average Bonchev–Trinajstić information content (AvgIpc) is 3.27. The van der Waals surface area contributed by atoms with Gasteiger partial charge in [-0.05, 0) is 56.1 Å². The lowest BCUT2D eigenvalue weighted by Gasteiger charge is -2.33. The van der Waals surface area contributed by atoms with Gasteiger partial charge in [0.05, 0.1) is 24.6 Å². The summed E-state index contributed by atoms with van der Waals surface area (Å²) in [7, 11) is -3.03. The quantitative estimate of drug-likeness (QED) is 0.270. The molecule has 1 aliphatic heterocycles. The smallest absolute Gasteiger partial charge is 0.191 e. The number of likely N-dealkylation sites (tertiary alicyclic amines) is 1. The number of nitrogens with one attached hydrogen (secondary N) is 2. The summed E-state index contributed by atoms with van der Waals surface area (Å²) < 4.78 is 28.6. The minimum atomic E-state index is -3.03. The third-order valence-corrected chi connectivity index (χ3v) is 6.24. The number of nitrogens with zero attached hydrogens (tertiary/aromatic N) is 2. The number of rotatable bonds is 9. The molecule has 9 heteroatoms. The first-order valence-electron chi connectivity index (χ1n) is 11.0. The second-order valence-electron chi connectivity index (χ2n) is 8.09. The third-order valence-electron chi connectivity index (χ3n) is 5.38. The Morgan fingerprint density at radius 1 is 1.09 bits per heavy atom. The molecule has 1 fully saturated rings. The number of guanidine groups is 1. The number of piperidine rings is 1. The van der Waals surface area contributed by atoms with Crippen LogP contribution in [0.15, 0.2) is 52.1 Å². The van der Waals surface area contributed by atoms with Crippen molar-refractivity contribution in [3.8, 4) is 0 Å². The lowest BCUT2D eigenvalue weighted by molar-refractivity contribution is 0.146. The first kappa shape index (κ1) is 26.7. The molecule has 0 saturated carbocycles. The molecule has 0 amide bonds. The molecule has 0 radical (unpaired) electrons. The van der Waals surface area contributed by atoms with Gasteiger partial charge in [-0.25, -0.2) is 13.4 Å². The fraction of sp³-hybridized carbons (Fsp3) is 0.522. The Morgan fingerprint density at radius 3 is 2.38 bits per heavy atom. The molecule has 1 aliphatic rings. The van der Waals surface area contributed by atoms with Crippen molar-refractivity contribution in [3.63, 3.8) is 0 Å². The van der Waals surface area contributed by atoms with Crippen LogP contribution in [0, 0.1) is 0 Å². The van der Waals surface area contributed by atoms with Crippen LogP contribution in [-0.2, 0) is 22.1 Å². The largest absolute Gasteiger partial charge is 0.468 e. The molecule has 1 aromatic carbocycles. The summed E-state index contributed by atoms with van der Waals surface area (Å²) in [6.07, 6.45) is 6.72. The van der Waals surface area contributed by atoms with Gasteiger partial charge in [-0.2, -0.15) is 0 Å². The predicted molar refractivity (Wildman–Crippen MR) is 140 cm³/mol. The fourth-order valence-electron chi connectivity index (χ4n) is 3.87. The highest BCUT2D eigenvalue weighted by Gasteiger charge is 2.24. The molecule has 0 bridgehead atoms. The summed E-state index contributed by atoms with van der Waals surface area (Å²) in [5, 5.41) is 6.79. The summed E-state index contributed by atoms with van der Waals surface area (Å²) in [5.74, 6) is 1.80. The number of sulfone groups is 1. The van der Waals surface area contributed by atoms with Gasteiger partial charge in [0, 0.05) is 19.3 Å². The van der Waals surface area contributed by atoms with E-state index < -0.39 is 9.84 Å². The molecule has 32 heavy (non-hydrogen) atoms. The summed E-state index contributed by atoms with van der Waals surface area (Å²) in [6, 6.07) is 11.8. The van der Waals surface area contributed by atoms with E-state index in [1.165, 1.54) is 25.5 Å². The topological polar surface area (TPSA) is 86.9 Å². The lowest BCUT2D eigenvalue weighted by atomic mass is 10.1. The van der Waals surface area contributed by atoms with Crippen LogP contribution in [0.25, 0.3) is 0 Å². The Morgan fingerprint density at radius 2 is 1.78 bits per heavy atom. The van der Waals surface area contributed by atoms with E-state index in [0.29, 0.717) is 13.1 Å². The summed E-state index contributed by atoms with van der Waals surface area (Å²) in [5.41, 5.74) is 1.83. The highest BCUT2D eigenvalue weighted by Crippen LogP contribution is 2.24. The van der Waals surface area contributed by atoms with E-state index in [2.05, 4.69) is 15.5 Å². The number of halogens is 1. The number of hydrogen-bond acceptors (Lipinski definition) is 5. The van der Waals surface area contributed by atoms with Crippen LogP contribution in [0.2, 0.25) is 0 Å². The van der Waals surface area contributed by atoms with Gasteiger partial charge >= 0.3 is 0 Å². The van der Waals surface area contributed by atoms with Gasteiger partial charge < -0.3 is 15.1 Å². The molecule has 2 N–H and O–H groups in total. The van der Waals surface area contributed by atoms with E-state index in [0.717, 1.165) is 42.5 Å². The zero-order valence-electron chi connectivity index (χ0n) is 18.9. The van der Waals surface area contributed by atoms with Gasteiger partial charge in [0.1, 0.15) is 5.76 Å². The highest BCUT2D eigenvalue weighted by atomic mass is 127. The van der Waals surface area contributed by atoms with Crippen molar-refractivity contribution in [2.24, 2.45) is 4.99 Å². The van der Waals surface area contributed by atoms with Crippen molar-refractivity contribution in [3.05, 3.63) is 59.5 Å². The van der Waals surface area contributed by atoms with E-state index in [1.54, 1.807) is 6.26 Å². The SMILES string of the molecule is CCNC(=NCc1ccc(CS(C)(=O)=O)cc1)NCC(c1ccco1)N1CCCCC1.I. The Bertz CT molecular complexity index is 925. The second-order valence-corrected chi connectivity index (χ2v) is 10.2. The van der Waals surface area contributed by atoms with Crippen LogP contribution >= 0.6 is 24.0 Å². The number of aliphatic imine (C=N–C) groups is 1. The average molecular weight is 575 g/mol. The van der Waals surface area contributed by atoms with Crippen molar-refractivity contribution in [2.75, 3.05) is 32.4 Å². The normalized spacial score (nSPS) is 16.2. The van der Waals surface area contributed by atoms with Gasteiger partial charge in [-0.3, -0.25) is 4.90 Å². The van der Waals surface area contributed by atoms with Crippen LogP contribution in [0.1, 0.15) is 49.1 Å². The number of benzene rings is 1. The molecular formula is C23H35IN4O3S. The fourth-order valence-corrected chi connectivity index (χ4v) is 4.67. The first-order valence-corrected chi connectivity index (χ1v) is 13.1. The standard InChI is InChI=1S/C23H34N4O3S.HI/c1-3-24-23(25-16-19-9-11-20(12-10-19)18-31(2,28)29)26-17-21(22-8-7-15-30-22)27-13-5-4-6-14-27;/h7-12,15,21H,3-6,13-14,16-18H2,1-2H3,(H2,24,25,26);1H. The van der Waals surface area contributed by atoms with Crippen LogP contribution in [0.4, 0.5) is 0 Å². The van der Waals surface area contributed by atoms with Gasteiger partial charge in [0.15, 0.2) is 15.8 Å². The molecule has 2 aromatic rings. The van der Waals surface area contributed by atoms with E-state index in [4.69, 9.17) is 9.41 Å². The van der Waals surface area contributed by atoms with Crippen molar-refractivity contribution in [1.29, 1.82) is 0 Å². The molecule has 0 aliphatic carbocycles. The molecule has 1 aromatic heterocycles. The monoisotopic (exact) mass is 574 g/mol. The van der Waals surface area contributed by atoms with E-state index in [-0.39, 0.29) is 35.8 Å². The molecule has 178 valence electrons. The second kappa shape index (κ2) is 13.2. The predicted octanol–water partition coefficient (Wildman–Crippen LogP) is 3.72. The van der Waals surface area contributed by atoms with Crippen LogP contribution < -0.4 is 10.6 Å². The van der Waals surface area contributed by atoms with E-state index >= 15 is 0 Å². The van der Waals surface area contributed by atoms with Gasteiger partial charge in [-0.15, -0.1) is 24.0 Å². The molecule has 1 atom stereocenters. The molecule has 3 rings (SSSR count). The zero-order valence-corrected chi connectivity index (χ0v) is 22.1. The van der Waals surface area contributed by atoms with Gasteiger partial charge in [-0.1, -0.05) is 30.7 Å².